The summed E-state index contributed by atoms with van der Waals surface area (Å²) >= 11 is 0. The Labute approximate surface area is 131 Å². The predicted octanol–water partition coefficient (Wildman–Crippen LogP) is 2.82. The molecule has 6 nitrogen and oxygen atoms in total. The lowest BCUT2D eigenvalue weighted by atomic mass is 10.1. The molecule has 0 fully saturated rings. The molecule has 4 rings (SSSR count). The fourth-order valence-corrected chi connectivity index (χ4v) is 2.55. The van der Waals surface area contributed by atoms with E-state index < -0.39 is 0 Å². The van der Waals surface area contributed by atoms with Crippen molar-refractivity contribution in [3.8, 4) is 23.1 Å². The molecule has 6 heteroatoms. The molecule has 0 amide bonds. The van der Waals surface area contributed by atoms with Crippen LogP contribution in [0.3, 0.4) is 0 Å². The highest BCUT2D eigenvalue weighted by Crippen LogP contribution is 2.31. The van der Waals surface area contributed by atoms with Crippen LogP contribution in [0, 0.1) is 11.3 Å². The zero-order valence-electron chi connectivity index (χ0n) is 12.3. The number of ether oxygens (including phenoxy) is 1. The van der Waals surface area contributed by atoms with E-state index in [2.05, 4.69) is 21.1 Å². The number of rotatable bonds is 2. The van der Waals surface area contributed by atoms with E-state index in [4.69, 9.17) is 10.00 Å². The zero-order valence-corrected chi connectivity index (χ0v) is 12.3. The third-order valence-electron chi connectivity index (χ3n) is 3.67. The first-order chi connectivity index (χ1) is 11.3. The Morgan fingerprint density at radius 3 is 2.91 bits per heavy atom. The van der Waals surface area contributed by atoms with Gasteiger partial charge in [-0.05, 0) is 12.1 Å². The third kappa shape index (κ3) is 2.07. The minimum absolute atomic E-state index is 0.445. The van der Waals surface area contributed by atoms with Gasteiger partial charge < -0.3 is 4.74 Å². The number of hydrogen-bond acceptors (Lipinski definition) is 5. The Bertz CT molecular complexity index is 1080. The van der Waals surface area contributed by atoms with E-state index >= 15 is 0 Å². The number of benzene rings is 1. The van der Waals surface area contributed by atoms with E-state index in [1.54, 1.807) is 17.8 Å². The van der Waals surface area contributed by atoms with E-state index in [1.165, 1.54) is 6.20 Å². The van der Waals surface area contributed by atoms with Crippen LogP contribution in [-0.2, 0) is 0 Å². The van der Waals surface area contributed by atoms with Crippen LogP contribution in [0.15, 0.2) is 48.9 Å². The molecule has 23 heavy (non-hydrogen) atoms. The van der Waals surface area contributed by atoms with Gasteiger partial charge in [-0.2, -0.15) is 10.4 Å². The number of hydrogen-bond donors (Lipinski definition) is 0. The highest BCUT2D eigenvalue weighted by atomic mass is 16.5. The summed E-state index contributed by atoms with van der Waals surface area (Å²) < 4.78 is 7.01. The molecule has 0 aliphatic rings. The average molecular weight is 301 g/mol. The van der Waals surface area contributed by atoms with Gasteiger partial charge in [0, 0.05) is 28.9 Å². The Hall–Kier alpha value is -3.46. The molecule has 0 spiro atoms. The summed E-state index contributed by atoms with van der Waals surface area (Å²) in [7, 11) is 1.59. The first kappa shape index (κ1) is 13.2. The smallest absolute Gasteiger partial charge is 0.221 e. The van der Waals surface area contributed by atoms with Crippen LogP contribution in [-0.4, -0.2) is 26.7 Å². The lowest BCUT2D eigenvalue weighted by Crippen LogP contribution is -1.96. The lowest BCUT2D eigenvalue weighted by Gasteiger charge is -2.09. The van der Waals surface area contributed by atoms with Gasteiger partial charge in [0.1, 0.15) is 11.6 Å². The molecule has 1 aromatic carbocycles. The topological polar surface area (TPSA) is 76.1 Å². The van der Waals surface area contributed by atoms with Gasteiger partial charge >= 0.3 is 0 Å². The van der Waals surface area contributed by atoms with Crippen molar-refractivity contribution in [2.75, 3.05) is 7.11 Å². The van der Waals surface area contributed by atoms with Gasteiger partial charge in [0.05, 0.1) is 18.8 Å². The summed E-state index contributed by atoms with van der Waals surface area (Å²) in [6, 6.07) is 11.9. The molecule has 110 valence electrons. The molecule has 0 unspecified atom stereocenters. The largest absolute Gasteiger partial charge is 0.481 e. The number of pyridine rings is 1. The molecular formula is C17H11N5O. The Kier molecular flexibility index (Phi) is 2.91. The molecule has 0 bridgehead atoms. The molecular weight excluding hydrogens is 290 g/mol. The molecule has 0 saturated heterocycles. The molecule has 0 atom stereocenters. The SMILES string of the molecule is COc1nc2ccccc2cc1-c1cnc2c(C#N)cnn2c1. The van der Waals surface area contributed by atoms with Crippen LogP contribution in [0.5, 0.6) is 5.88 Å². The van der Waals surface area contributed by atoms with E-state index in [0.717, 1.165) is 22.0 Å². The van der Waals surface area contributed by atoms with Gasteiger partial charge in [0.2, 0.25) is 5.88 Å². The molecule has 0 aliphatic heterocycles. The summed E-state index contributed by atoms with van der Waals surface area (Å²) in [5.74, 6) is 0.525. The van der Waals surface area contributed by atoms with Crippen LogP contribution in [0.25, 0.3) is 27.7 Å². The monoisotopic (exact) mass is 301 g/mol. The van der Waals surface area contributed by atoms with Gasteiger partial charge in [-0.15, -0.1) is 0 Å². The van der Waals surface area contributed by atoms with Crippen molar-refractivity contribution in [3.05, 3.63) is 54.5 Å². The Morgan fingerprint density at radius 1 is 1.22 bits per heavy atom. The fraction of sp³-hybridized carbons (Fsp3) is 0.0588. The van der Waals surface area contributed by atoms with Crippen molar-refractivity contribution in [1.82, 2.24) is 19.6 Å². The molecule has 3 heterocycles. The van der Waals surface area contributed by atoms with Gasteiger partial charge in [-0.3, -0.25) is 0 Å². The van der Waals surface area contributed by atoms with E-state index in [0.29, 0.717) is 17.1 Å². The maximum absolute atomic E-state index is 9.04. The summed E-state index contributed by atoms with van der Waals surface area (Å²) in [5, 5.41) is 14.2. The molecule has 0 aliphatic carbocycles. The molecule has 3 aromatic heterocycles. The number of nitrogens with zero attached hydrogens (tertiary/aromatic N) is 5. The second kappa shape index (κ2) is 5.07. The highest BCUT2D eigenvalue weighted by Gasteiger charge is 2.12. The summed E-state index contributed by atoms with van der Waals surface area (Å²) in [6.45, 7) is 0. The van der Waals surface area contributed by atoms with Crippen LogP contribution < -0.4 is 4.74 Å². The van der Waals surface area contributed by atoms with Gasteiger partial charge in [-0.25, -0.2) is 14.5 Å². The van der Waals surface area contributed by atoms with Crippen LogP contribution in [0.4, 0.5) is 0 Å². The standard InChI is InChI=1S/C17H11N5O/c1-23-17-14(6-11-4-2-3-5-15(11)21-17)13-8-19-16-12(7-18)9-20-22(16)10-13/h2-6,8-10H,1H3. The summed E-state index contributed by atoms with van der Waals surface area (Å²) in [4.78, 5) is 8.88. The molecule has 0 saturated carbocycles. The first-order valence-electron chi connectivity index (χ1n) is 6.98. The maximum Gasteiger partial charge on any atom is 0.221 e. The van der Waals surface area contributed by atoms with Crippen LogP contribution in [0.1, 0.15) is 5.56 Å². The first-order valence-corrected chi connectivity index (χ1v) is 6.98. The van der Waals surface area contributed by atoms with Gasteiger partial charge in [-0.1, -0.05) is 18.2 Å². The van der Waals surface area contributed by atoms with Crippen LogP contribution >= 0.6 is 0 Å². The predicted molar refractivity (Wildman–Crippen MR) is 85.0 cm³/mol. The fourth-order valence-electron chi connectivity index (χ4n) is 2.55. The molecule has 0 N–H and O–H groups in total. The number of para-hydroxylation sites is 1. The minimum atomic E-state index is 0.445. The average Bonchev–Trinajstić information content (AvgIpc) is 3.02. The van der Waals surface area contributed by atoms with Crippen molar-refractivity contribution in [1.29, 1.82) is 5.26 Å². The summed E-state index contributed by atoms with van der Waals surface area (Å²) in [6.07, 6.45) is 5.02. The number of methoxy groups -OCH3 is 1. The molecule has 0 radical (unpaired) electrons. The second-order valence-electron chi connectivity index (χ2n) is 5.02. The maximum atomic E-state index is 9.04. The normalized spacial score (nSPS) is 10.8. The summed E-state index contributed by atoms with van der Waals surface area (Å²) in [5.41, 5.74) is 3.49. The second-order valence-corrected chi connectivity index (χ2v) is 5.02. The zero-order chi connectivity index (χ0) is 15.8. The Morgan fingerprint density at radius 2 is 2.09 bits per heavy atom. The van der Waals surface area contributed by atoms with Crippen molar-refractivity contribution >= 4 is 16.6 Å². The van der Waals surface area contributed by atoms with Crippen LogP contribution in [0.2, 0.25) is 0 Å². The third-order valence-corrected chi connectivity index (χ3v) is 3.67. The van der Waals surface area contributed by atoms with Crippen molar-refractivity contribution in [3.63, 3.8) is 0 Å². The highest BCUT2D eigenvalue weighted by molar-refractivity contribution is 5.86. The van der Waals surface area contributed by atoms with Crippen molar-refractivity contribution < 1.29 is 4.74 Å². The number of nitriles is 1. The number of fused-ring (bicyclic) bond motifs is 2. The molecule has 4 aromatic rings. The van der Waals surface area contributed by atoms with E-state index in [1.807, 2.05) is 36.5 Å². The quantitative estimate of drug-likeness (QED) is 0.569. The van der Waals surface area contributed by atoms with Crippen molar-refractivity contribution in [2.24, 2.45) is 0 Å². The van der Waals surface area contributed by atoms with E-state index in [-0.39, 0.29) is 0 Å². The lowest BCUT2D eigenvalue weighted by molar-refractivity contribution is 0.401. The minimum Gasteiger partial charge on any atom is -0.481 e. The Balaban J connectivity index is 1.96. The van der Waals surface area contributed by atoms with Gasteiger partial charge in [0.15, 0.2) is 5.65 Å². The van der Waals surface area contributed by atoms with Crippen molar-refractivity contribution in [2.45, 2.75) is 0 Å². The van der Waals surface area contributed by atoms with E-state index in [9.17, 15) is 0 Å². The number of aromatic nitrogens is 4. The van der Waals surface area contributed by atoms with Gasteiger partial charge in [0.25, 0.3) is 0 Å².